The number of hydrogen-bond acceptors (Lipinski definition) is 1. The molecule has 0 unspecified atom stereocenters. The number of thioether (sulfide) groups is 1. The lowest BCUT2D eigenvalue weighted by Gasteiger charge is -2.03. The van der Waals surface area contributed by atoms with Crippen molar-refractivity contribution in [1.82, 2.24) is 0 Å². The molecule has 0 saturated carbocycles. The van der Waals surface area contributed by atoms with Crippen molar-refractivity contribution in [2.75, 3.05) is 11.5 Å². The Labute approximate surface area is 133 Å². The van der Waals surface area contributed by atoms with Gasteiger partial charge in [0.05, 0.1) is 0 Å². The first-order valence-corrected chi connectivity index (χ1v) is 10.4. The summed E-state index contributed by atoms with van der Waals surface area (Å²) in [6.45, 7) is 6.18. The van der Waals surface area contributed by atoms with Crippen LogP contribution in [0.25, 0.3) is 0 Å². The van der Waals surface area contributed by atoms with E-state index in [2.05, 4.69) is 25.6 Å². The Bertz CT molecular complexity index is 138. The van der Waals surface area contributed by atoms with Crippen LogP contribution in [0.1, 0.15) is 103 Å². The molecular formula is C19H39S. The van der Waals surface area contributed by atoms with Crippen molar-refractivity contribution >= 4 is 11.8 Å². The quantitative estimate of drug-likeness (QED) is 0.252. The van der Waals surface area contributed by atoms with Crippen LogP contribution in [0.4, 0.5) is 0 Å². The van der Waals surface area contributed by atoms with Gasteiger partial charge in [0.15, 0.2) is 0 Å². The van der Waals surface area contributed by atoms with Gasteiger partial charge in [-0.2, -0.15) is 11.8 Å². The van der Waals surface area contributed by atoms with Gasteiger partial charge in [0.2, 0.25) is 0 Å². The zero-order chi connectivity index (χ0) is 14.7. The van der Waals surface area contributed by atoms with Crippen molar-refractivity contribution < 1.29 is 0 Å². The lowest BCUT2D eigenvalue weighted by molar-refractivity contribution is 0.563. The largest absolute Gasteiger partial charge is 0.162 e. The number of unbranched alkanes of at least 4 members (excludes halogenated alkanes) is 13. The minimum Gasteiger partial charge on any atom is -0.162 e. The molecule has 0 aliphatic heterocycles. The molecule has 0 amide bonds. The standard InChI is InChI=1S/C19H39S/c1-3-5-7-9-10-11-12-13-15-17-19-20-18-16-14-8-6-4-2/h2-19H2,1H3. The highest BCUT2D eigenvalue weighted by atomic mass is 32.2. The Balaban J connectivity index is 2.89. The third-order valence-corrected chi connectivity index (χ3v) is 5.09. The predicted octanol–water partition coefficient (Wildman–Crippen LogP) is 7.43. The zero-order valence-corrected chi connectivity index (χ0v) is 15.0. The molecule has 0 aliphatic rings. The molecule has 0 aromatic carbocycles. The average Bonchev–Trinajstić information content (AvgIpc) is 2.47. The second-order valence-electron chi connectivity index (χ2n) is 6.06. The molecule has 0 aliphatic carbocycles. The molecular weight excluding hydrogens is 260 g/mol. The molecule has 20 heavy (non-hydrogen) atoms. The summed E-state index contributed by atoms with van der Waals surface area (Å²) < 4.78 is 0. The Morgan fingerprint density at radius 2 is 0.950 bits per heavy atom. The fourth-order valence-corrected chi connectivity index (χ4v) is 3.55. The topological polar surface area (TPSA) is 0 Å². The molecule has 0 aromatic rings. The van der Waals surface area contributed by atoms with Crippen LogP contribution in [-0.4, -0.2) is 11.5 Å². The summed E-state index contributed by atoms with van der Waals surface area (Å²) >= 11 is 2.17. The van der Waals surface area contributed by atoms with E-state index in [9.17, 15) is 0 Å². The van der Waals surface area contributed by atoms with E-state index in [4.69, 9.17) is 0 Å². The molecule has 0 saturated heterocycles. The van der Waals surface area contributed by atoms with Gasteiger partial charge in [-0.05, 0) is 24.3 Å². The number of rotatable bonds is 17. The van der Waals surface area contributed by atoms with E-state index in [1.165, 1.54) is 101 Å². The highest BCUT2D eigenvalue weighted by Crippen LogP contribution is 2.14. The second-order valence-corrected chi connectivity index (χ2v) is 7.29. The van der Waals surface area contributed by atoms with Crippen LogP contribution in [-0.2, 0) is 0 Å². The SMILES string of the molecule is [CH2]CCCCCCSCCCCCCCCCCCC. The Hall–Kier alpha value is 0.350. The van der Waals surface area contributed by atoms with Crippen LogP contribution in [0.3, 0.4) is 0 Å². The van der Waals surface area contributed by atoms with Crippen molar-refractivity contribution in [2.24, 2.45) is 0 Å². The first-order chi connectivity index (χ1) is 9.91. The summed E-state index contributed by atoms with van der Waals surface area (Å²) in [4.78, 5) is 0. The van der Waals surface area contributed by atoms with Crippen molar-refractivity contribution in [1.29, 1.82) is 0 Å². The van der Waals surface area contributed by atoms with Gasteiger partial charge in [0, 0.05) is 0 Å². The molecule has 0 aromatic heterocycles. The van der Waals surface area contributed by atoms with Crippen LogP contribution < -0.4 is 0 Å². The maximum Gasteiger partial charge on any atom is -0.00675 e. The summed E-state index contributed by atoms with van der Waals surface area (Å²) in [7, 11) is 0. The fraction of sp³-hybridized carbons (Fsp3) is 0.947. The van der Waals surface area contributed by atoms with Crippen molar-refractivity contribution in [2.45, 2.75) is 103 Å². The van der Waals surface area contributed by atoms with E-state index in [1.54, 1.807) is 0 Å². The van der Waals surface area contributed by atoms with Crippen LogP contribution in [0.5, 0.6) is 0 Å². The molecule has 0 spiro atoms. The molecule has 0 atom stereocenters. The molecule has 0 nitrogen and oxygen atoms in total. The second kappa shape index (κ2) is 19.4. The van der Waals surface area contributed by atoms with Gasteiger partial charge in [0.1, 0.15) is 0 Å². The summed E-state index contributed by atoms with van der Waals surface area (Å²) in [6.07, 6.45) is 21.2. The van der Waals surface area contributed by atoms with Crippen LogP contribution in [0.2, 0.25) is 0 Å². The summed E-state index contributed by atoms with van der Waals surface area (Å²) in [5.41, 5.74) is 0. The lowest BCUT2D eigenvalue weighted by Crippen LogP contribution is -1.86. The average molecular weight is 300 g/mol. The van der Waals surface area contributed by atoms with Crippen LogP contribution in [0.15, 0.2) is 0 Å². The Morgan fingerprint density at radius 3 is 1.40 bits per heavy atom. The highest BCUT2D eigenvalue weighted by Gasteiger charge is 1.94. The van der Waals surface area contributed by atoms with E-state index in [-0.39, 0.29) is 0 Å². The molecule has 121 valence electrons. The lowest BCUT2D eigenvalue weighted by atomic mass is 10.1. The van der Waals surface area contributed by atoms with Gasteiger partial charge < -0.3 is 0 Å². The number of hydrogen-bond donors (Lipinski definition) is 0. The van der Waals surface area contributed by atoms with E-state index >= 15 is 0 Å². The first-order valence-electron chi connectivity index (χ1n) is 9.28. The normalized spacial score (nSPS) is 11.1. The molecule has 0 N–H and O–H groups in total. The van der Waals surface area contributed by atoms with Gasteiger partial charge in [0.25, 0.3) is 0 Å². The maximum atomic E-state index is 3.89. The third-order valence-electron chi connectivity index (χ3n) is 3.93. The maximum absolute atomic E-state index is 3.89. The molecule has 0 heterocycles. The minimum absolute atomic E-state index is 1.12. The third kappa shape index (κ3) is 18.4. The molecule has 0 rings (SSSR count). The molecule has 0 bridgehead atoms. The summed E-state index contributed by atoms with van der Waals surface area (Å²) in [6, 6.07) is 0. The smallest absolute Gasteiger partial charge is 0.00675 e. The van der Waals surface area contributed by atoms with Gasteiger partial charge in [-0.15, -0.1) is 0 Å². The molecule has 0 fully saturated rings. The van der Waals surface area contributed by atoms with Crippen LogP contribution >= 0.6 is 11.8 Å². The van der Waals surface area contributed by atoms with Crippen molar-refractivity contribution in [3.8, 4) is 0 Å². The van der Waals surface area contributed by atoms with E-state index in [0.29, 0.717) is 0 Å². The van der Waals surface area contributed by atoms with Gasteiger partial charge in [-0.1, -0.05) is 97.3 Å². The van der Waals surface area contributed by atoms with E-state index in [1.807, 2.05) is 0 Å². The van der Waals surface area contributed by atoms with E-state index < -0.39 is 0 Å². The summed E-state index contributed by atoms with van der Waals surface area (Å²) in [5.74, 6) is 2.78. The van der Waals surface area contributed by atoms with Gasteiger partial charge >= 0.3 is 0 Å². The minimum atomic E-state index is 1.12. The summed E-state index contributed by atoms with van der Waals surface area (Å²) in [5, 5.41) is 0. The van der Waals surface area contributed by atoms with Crippen molar-refractivity contribution in [3.63, 3.8) is 0 Å². The van der Waals surface area contributed by atoms with Gasteiger partial charge in [-0.3, -0.25) is 0 Å². The monoisotopic (exact) mass is 299 g/mol. The van der Waals surface area contributed by atoms with Crippen LogP contribution in [0, 0.1) is 6.92 Å². The van der Waals surface area contributed by atoms with Gasteiger partial charge in [-0.25, -0.2) is 0 Å². The predicted molar refractivity (Wildman–Crippen MR) is 97.6 cm³/mol. The first kappa shape index (κ1) is 20.3. The Morgan fingerprint density at radius 1 is 0.550 bits per heavy atom. The fourth-order valence-electron chi connectivity index (χ4n) is 2.53. The van der Waals surface area contributed by atoms with E-state index in [0.717, 1.165) is 6.42 Å². The molecule has 1 radical (unpaired) electrons. The highest BCUT2D eigenvalue weighted by molar-refractivity contribution is 7.99. The molecule has 1 heteroatoms. The Kier molecular flexibility index (Phi) is 19.7. The van der Waals surface area contributed by atoms with Crippen molar-refractivity contribution in [3.05, 3.63) is 6.92 Å². The zero-order valence-electron chi connectivity index (χ0n) is 14.1.